The van der Waals surface area contributed by atoms with Crippen molar-refractivity contribution in [3.05, 3.63) is 12.2 Å². The Kier molecular flexibility index (Phi) is 4.33. The van der Waals surface area contributed by atoms with Crippen molar-refractivity contribution in [2.75, 3.05) is 0 Å². The van der Waals surface area contributed by atoms with Crippen molar-refractivity contribution in [2.45, 2.75) is 51.9 Å². The first-order chi connectivity index (χ1) is 5.43. The third kappa shape index (κ3) is 5.06. The Hall–Kier alpha value is -0.260. The molecule has 0 aromatic carbocycles. The summed E-state index contributed by atoms with van der Waals surface area (Å²) in [4.78, 5) is 0. The van der Waals surface area contributed by atoms with Crippen molar-refractivity contribution in [1.29, 1.82) is 0 Å². The molecule has 0 fully saturated rings. The van der Waals surface area contributed by atoms with Crippen LogP contribution in [0.25, 0.3) is 0 Å². The molecule has 0 heteroatoms. The highest BCUT2D eigenvalue weighted by molar-refractivity contribution is 5.12. The fraction of sp³-hybridized carbons (Fsp3) is 0.818. The van der Waals surface area contributed by atoms with Crippen molar-refractivity contribution >= 4 is 0 Å². The highest BCUT2D eigenvalue weighted by atomic mass is 14.1. The van der Waals surface area contributed by atoms with Gasteiger partial charge in [-0.3, -0.25) is 0 Å². The summed E-state index contributed by atoms with van der Waals surface area (Å²) in [7, 11) is 0. The van der Waals surface area contributed by atoms with Gasteiger partial charge in [0.15, 0.2) is 0 Å². The van der Waals surface area contributed by atoms with Gasteiger partial charge in [0.2, 0.25) is 0 Å². The molecular weight excluding hydrogens is 132 g/mol. The first kappa shape index (κ1) is 8.83. The molecule has 64 valence electrons. The van der Waals surface area contributed by atoms with Crippen LogP contribution >= 0.6 is 0 Å². The lowest BCUT2D eigenvalue weighted by atomic mass is 10.1. The molecular formula is C11H20. The van der Waals surface area contributed by atoms with Crippen molar-refractivity contribution in [1.82, 2.24) is 0 Å². The van der Waals surface area contributed by atoms with Gasteiger partial charge in [-0.2, -0.15) is 0 Å². The summed E-state index contributed by atoms with van der Waals surface area (Å²) in [6.07, 6.45) is 14.7. The molecule has 0 atom stereocenters. The van der Waals surface area contributed by atoms with Crippen molar-refractivity contribution in [3.63, 3.8) is 0 Å². The van der Waals surface area contributed by atoms with Gasteiger partial charge < -0.3 is 0 Å². The molecule has 0 nitrogen and oxygen atoms in total. The molecule has 1 rings (SSSR count). The zero-order chi connectivity index (χ0) is 7.94. The van der Waals surface area contributed by atoms with Gasteiger partial charge in [-0.05, 0) is 12.3 Å². The van der Waals surface area contributed by atoms with E-state index in [1.165, 1.54) is 44.9 Å². The third-order valence-corrected chi connectivity index (χ3v) is 2.36. The molecule has 0 N–H and O–H groups in total. The maximum absolute atomic E-state index is 2.31. The van der Waals surface area contributed by atoms with Crippen molar-refractivity contribution in [2.24, 2.45) is 5.92 Å². The number of hydrogen-bond acceptors (Lipinski definition) is 0. The minimum Gasteiger partial charge on any atom is -0.0810 e. The molecule has 0 bridgehead atoms. The topological polar surface area (TPSA) is 0 Å². The molecule has 0 aliphatic heterocycles. The molecule has 0 unspecified atom stereocenters. The van der Waals surface area contributed by atoms with Gasteiger partial charge in [-0.1, -0.05) is 57.6 Å². The van der Waals surface area contributed by atoms with Crippen LogP contribution < -0.4 is 0 Å². The summed E-state index contributed by atoms with van der Waals surface area (Å²) < 4.78 is 0. The van der Waals surface area contributed by atoms with Crippen LogP contribution in [0.2, 0.25) is 0 Å². The maximum Gasteiger partial charge on any atom is -0.00531 e. The molecule has 1 aliphatic carbocycles. The van der Waals surface area contributed by atoms with E-state index >= 15 is 0 Å². The second-order valence-electron chi connectivity index (χ2n) is 3.61. The standard InChI is InChI=1S/C11H20/c1-2-3-4-5-6-7-8-11-9-10-11/h9-11H,2-8H2,1H3. The average Bonchev–Trinajstić information content (AvgIpc) is 2.80. The number of allylic oxidation sites excluding steroid dienone is 2. The third-order valence-electron chi connectivity index (χ3n) is 2.36. The van der Waals surface area contributed by atoms with Gasteiger partial charge >= 0.3 is 0 Å². The fourth-order valence-electron chi connectivity index (χ4n) is 1.43. The van der Waals surface area contributed by atoms with E-state index in [1.807, 2.05) is 0 Å². The Morgan fingerprint density at radius 2 is 1.55 bits per heavy atom. The van der Waals surface area contributed by atoms with E-state index in [0.717, 1.165) is 5.92 Å². The van der Waals surface area contributed by atoms with Crippen LogP contribution in [-0.2, 0) is 0 Å². The van der Waals surface area contributed by atoms with E-state index in [-0.39, 0.29) is 0 Å². The van der Waals surface area contributed by atoms with Gasteiger partial charge in [-0.25, -0.2) is 0 Å². The summed E-state index contributed by atoms with van der Waals surface area (Å²) in [6, 6.07) is 0. The molecule has 0 aromatic rings. The summed E-state index contributed by atoms with van der Waals surface area (Å²) in [5, 5.41) is 0. The van der Waals surface area contributed by atoms with Crippen LogP contribution in [0.1, 0.15) is 51.9 Å². The van der Waals surface area contributed by atoms with E-state index in [2.05, 4.69) is 19.1 Å². The van der Waals surface area contributed by atoms with Crippen LogP contribution in [0.15, 0.2) is 12.2 Å². The maximum atomic E-state index is 2.31. The monoisotopic (exact) mass is 152 g/mol. The van der Waals surface area contributed by atoms with Gasteiger partial charge in [-0.15, -0.1) is 0 Å². The fourth-order valence-corrected chi connectivity index (χ4v) is 1.43. The van der Waals surface area contributed by atoms with E-state index in [0.29, 0.717) is 0 Å². The molecule has 0 saturated carbocycles. The predicted octanol–water partition coefficient (Wildman–Crippen LogP) is 3.92. The number of unbranched alkanes of at least 4 members (excludes halogenated alkanes) is 5. The van der Waals surface area contributed by atoms with Crippen LogP contribution in [0.3, 0.4) is 0 Å². The van der Waals surface area contributed by atoms with Crippen molar-refractivity contribution < 1.29 is 0 Å². The predicted molar refractivity (Wildman–Crippen MR) is 50.6 cm³/mol. The molecule has 0 saturated heterocycles. The smallest absolute Gasteiger partial charge is 0.00531 e. The Labute approximate surface area is 70.7 Å². The summed E-state index contributed by atoms with van der Waals surface area (Å²) in [5.74, 6) is 0.904. The van der Waals surface area contributed by atoms with Crippen LogP contribution in [0, 0.1) is 5.92 Å². The lowest BCUT2D eigenvalue weighted by molar-refractivity contribution is 0.579. The van der Waals surface area contributed by atoms with Gasteiger partial charge in [0.1, 0.15) is 0 Å². The molecule has 0 aromatic heterocycles. The lowest BCUT2D eigenvalue weighted by Gasteiger charge is -1.98. The van der Waals surface area contributed by atoms with Crippen molar-refractivity contribution in [3.8, 4) is 0 Å². The van der Waals surface area contributed by atoms with E-state index in [1.54, 1.807) is 0 Å². The summed E-state index contributed by atoms with van der Waals surface area (Å²) >= 11 is 0. The minimum atomic E-state index is 0.904. The highest BCUT2D eigenvalue weighted by Gasteiger charge is 2.08. The van der Waals surface area contributed by atoms with Crippen LogP contribution in [-0.4, -0.2) is 0 Å². The summed E-state index contributed by atoms with van der Waals surface area (Å²) in [5.41, 5.74) is 0. The Morgan fingerprint density at radius 3 is 2.18 bits per heavy atom. The molecule has 0 heterocycles. The van der Waals surface area contributed by atoms with E-state index < -0.39 is 0 Å². The number of rotatable bonds is 7. The zero-order valence-electron chi connectivity index (χ0n) is 7.68. The zero-order valence-corrected chi connectivity index (χ0v) is 7.68. The molecule has 11 heavy (non-hydrogen) atoms. The normalized spacial score (nSPS) is 15.7. The number of hydrogen-bond donors (Lipinski definition) is 0. The Bertz CT molecular complexity index is 107. The van der Waals surface area contributed by atoms with Crippen LogP contribution in [0.5, 0.6) is 0 Å². The highest BCUT2D eigenvalue weighted by Crippen LogP contribution is 2.23. The van der Waals surface area contributed by atoms with Gasteiger partial charge in [0.05, 0.1) is 0 Å². The molecule has 1 aliphatic rings. The quantitative estimate of drug-likeness (QED) is 0.383. The van der Waals surface area contributed by atoms with E-state index in [4.69, 9.17) is 0 Å². The SMILES string of the molecule is CCCCCCCCC1C=C1. The van der Waals surface area contributed by atoms with E-state index in [9.17, 15) is 0 Å². The second kappa shape index (κ2) is 5.40. The summed E-state index contributed by atoms with van der Waals surface area (Å²) in [6.45, 7) is 2.27. The minimum absolute atomic E-state index is 0.904. The molecule has 0 spiro atoms. The lowest BCUT2D eigenvalue weighted by Crippen LogP contribution is -1.81. The molecule has 0 amide bonds. The van der Waals surface area contributed by atoms with Gasteiger partial charge in [0, 0.05) is 0 Å². The Balaban J connectivity index is 1.66. The second-order valence-corrected chi connectivity index (χ2v) is 3.61. The molecule has 0 radical (unpaired) electrons. The Morgan fingerprint density at radius 1 is 0.909 bits per heavy atom. The van der Waals surface area contributed by atoms with Gasteiger partial charge in [0.25, 0.3) is 0 Å². The van der Waals surface area contributed by atoms with Crippen LogP contribution in [0.4, 0.5) is 0 Å². The largest absolute Gasteiger partial charge is 0.0810 e. The average molecular weight is 152 g/mol. The first-order valence-corrected chi connectivity index (χ1v) is 5.12. The first-order valence-electron chi connectivity index (χ1n) is 5.12.